The Kier molecular flexibility index (Phi) is 6.21. The fraction of sp³-hybridized carbons (Fsp3) is 0.833. The fourth-order valence-electron chi connectivity index (χ4n) is 6.11. The predicted octanol–water partition coefficient (Wildman–Crippen LogP) is 4.55. The highest BCUT2D eigenvalue weighted by molar-refractivity contribution is 5.54. The number of aryl methyl sites for hydroxylation is 1. The zero-order valence-electron chi connectivity index (χ0n) is 18.2. The molecule has 2 saturated heterocycles. The van der Waals surface area contributed by atoms with Gasteiger partial charge in [0.2, 0.25) is 5.95 Å². The largest absolute Gasteiger partial charge is 0.356 e. The molecule has 0 radical (unpaired) electrons. The van der Waals surface area contributed by atoms with Gasteiger partial charge in [-0.1, -0.05) is 32.1 Å². The van der Waals surface area contributed by atoms with Gasteiger partial charge in [-0.2, -0.15) is 4.98 Å². The van der Waals surface area contributed by atoms with E-state index in [1.165, 1.54) is 127 Å². The van der Waals surface area contributed by atoms with Crippen LogP contribution in [0.25, 0.3) is 0 Å². The molecule has 4 aliphatic rings. The standard InChI is InChI=1S/C24H39N5/c1-2-7-16-28(15-6-1)23-21-13-8-14-22(21)26-24(27-23)25-19-10-9-17-29(18-19)20-11-4-3-5-12-20/h19-20H,1-18H2,(H,25,26,27)/t19-/m1/s1. The third-order valence-corrected chi connectivity index (χ3v) is 7.69. The molecular weight excluding hydrogens is 358 g/mol. The van der Waals surface area contributed by atoms with E-state index in [1.54, 1.807) is 0 Å². The summed E-state index contributed by atoms with van der Waals surface area (Å²) < 4.78 is 0. The maximum Gasteiger partial charge on any atom is 0.225 e. The summed E-state index contributed by atoms with van der Waals surface area (Å²) >= 11 is 0. The van der Waals surface area contributed by atoms with Crippen LogP contribution >= 0.6 is 0 Å². The number of piperidine rings is 1. The van der Waals surface area contributed by atoms with Crippen molar-refractivity contribution in [3.63, 3.8) is 0 Å². The quantitative estimate of drug-likeness (QED) is 0.807. The highest BCUT2D eigenvalue weighted by Crippen LogP contribution is 2.32. The van der Waals surface area contributed by atoms with Crippen LogP contribution in [-0.2, 0) is 12.8 Å². The second-order valence-electron chi connectivity index (χ2n) is 9.82. The lowest BCUT2D eigenvalue weighted by molar-refractivity contribution is 0.124. The van der Waals surface area contributed by atoms with Crippen LogP contribution in [0.3, 0.4) is 0 Å². The van der Waals surface area contributed by atoms with Crippen molar-refractivity contribution in [3.8, 4) is 0 Å². The number of fused-ring (bicyclic) bond motifs is 1. The number of nitrogens with zero attached hydrogens (tertiary/aromatic N) is 4. The Hall–Kier alpha value is -1.36. The molecule has 3 heterocycles. The molecule has 5 rings (SSSR count). The Bertz CT molecular complexity index is 676. The molecule has 2 aliphatic heterocycles. The lowest BCUT2D eigenvalue weighted by atomic mass is 9.92. The monoisotopic (exact) mass is 397 g/mol. The first-order valence-corrected chi connectivity index (χ1v) is 12.5. The van der Waals surface area contributed by atoms with E-state index in [-0.39, 0.29) is 0 Å². The van der Waals surface area contributed by atoms with E-state index in [2.05, 4.69) is 15.1 Å². The zero-order chi connectivity index (χ0) is 19.5. The summed E-state index contributed by atoms with van der Waals surface area (Å²) in [6, 6.07) is 1.32. The average molecular weight is 398 g/mol. The summed E-state index contributed by atoms with van der Waals surface area (Å²) in [6.07, 6.45) is 18.5. The molecule has 160 valence electrons. The number of hydrogen-bond acceptors (Lipinski definition) is 5. The Morgan fingerprint density at radius 1 is 0.724 bits per heavy atom. The number of hydrogen-bond donors (Lipinski definition) is 1. The summed E-state index contributed by atoms with van der Waals surface area (Å²) in [4.78, 5) is 15.5. The molecule has 0 bridgehead atoms. The van der Waals surface area contributed by atoms with Gasteiger partial charge in [0, 0.05) is 37.3 Å². The maximum atomic E-state index is 5.13. The van der Waals surface area contributed by atoms with Crippen LogP contribution in [0.5, 0.6) is 0 Å². The molecule has 0 amide bonds. The molecule has 1 aromatic rings. The van der Waals surface area contributed by atoms with Gasteiger partial charge in [-0.3, -0.25) is 4.90 Å². The normalized spacial score (nSPS) is 26.9. The van der Waals surface area contributed by atoms with Crippen molar-refractivity contribution in [2.45, 2.75) is 102 Å². The molecule has 1 aromatic heterocycles. The number of nitrogens with one attached hydrogen (secondary N) is 1. The number of likely N-dealkylation sites (tertiary alicyclic amines) is 1. The molecule has 2 aliphatic carbocycles. The Balaban J connectivity index is 1.31. The Morgan fingerprint density at radius 2 is 1.52 bits per heavy atom. The van der Waals surface area contributed by atoms with Crippen LogP contribution in [0.15, 0.2) is 0 Å². The van der Waals surface area contributed by atoms with E-state index in [9.17, 15) is 0 Å². The van der Waals surface area contributed by atoms with E-state index in [4.69, 9.17) is 9.97 Å². The SMILES string of the molecule is C1CCC(N2CCC[C@@H](Nc3nc4c(c(N5CCCCCC5)n3)CCC4)C2)CC1. The molecule has 1 atom stereocenters. The lowest BCUT2D eigenvalue weighted by Crippen LogP contribution is -2.48. The van der Waals surface area contributed by atoms with Crippen molar-refractivity contribution < 1.29 is 0 Å². The topological polar surface area (TPSA) is 44.3 Å². The molecule has 3 fully saturated rings. The smallest absolute Gasteiger partial charge is 0.225 e. The summed E-state index contributed by atoms with van der Waals surface area (Å²) in [5, 5.41) is 3.78. The minimum Gasteiger partial charge on any atom is -0.356 e. The molecule has 1 N–H and O–H groups in total. The molecule has 29 heavy (non-hydrogen) atoms. The number of rotatable bonds is 4. The molecule has 5 heteroatoms. The summed E-state index contributed by atoms with van der Waals surface area (Å²) in [5.74, 6) is 2.16. The van der Waals surface area contributed by atoms with Gasteiger partial charge in [-0.15, -0.1) is 0 Å². The van der Waals surface area contributed by atoms with Crippen molar-refractivity contribution in [3.05, 3.63) is 11.3 Å². The summed E-state index contributed by atoms with van der Waals surface area (Å²) in [5.41, 5.74) is 2.77. The predicted molar refractivity (Wildman–Crippen MR) is 120 cm³/mol. The van der Waals surface area contributed by atoms with Gasteiger partial charge in [0.1, 0.15) is 5.82 Å². The Morgan fingerprint density at radius 3 is 2.34 bits per heavy atom. The molecule has 0 aromatic carbocycles. The van der Waals surface area contributed by atoms with Gasteiger partial charge in [-0.05, 0) is 64.3 Å². The van der Waals surface area contributed by atoms with Crippen molar-refractivity contribution in [1.82, 2.24) is 14.9 Å². The molecule has 1 saturated carbocycles. The third kappa shape index (κ3) is 4.55. The van der Waals surface area contributed by atoms with Crippen molar-refractivity contribution in [1.29, 1.82) is 0 Å². The second-order valence-corrected chi connectivity index (χ2v) is 9.82. The van der Waals surface area contributed by atoms with Crippen LogP contribution in [0.2, 0.25) is 0 Å². The first-order chi connectivity index (χ1) is 14.4. The highest BCUT2D eigenvalue weighted by Gasteiger charge is 2.29. The first-order valence-electron chi connectivity index (χ1n) is 12.5. The van der Waals surface area contributed by atoms with Crippen LogP contribution in [-0.4, -0.2) is 53.1 Å². The second kappa shape index (κ2) is 9.20. The molecule has 0 spiro atoms. The van der Waals surface area contributed by atoms with Gasteiger partial charge in [0.25, 0.3) is 0 Å². The van der Waals surface area contributed by atoms with Crippen molar-refractivity contribution in [2.75, 3.05) is 36.4 Å². The van der Waals surface area contributed by atoms with E-state index < -0.39 is 0 Å². The Labute approximate surface area is 176 Å². The third-order valence-electron chi connectivity index (χ3n) is 7.69. The van der Waals surface area contributed by atoms with Crippen molar-refractivity contribution >= 4 is 11.8 Å². The first kappa shape index (κ1) is 19.6. The lowest BCUT2D eigenvalue weighted by Gasteiger charge is -2.40. The minimum absolute atomic E-state index is 0.502. The zero-order valence-corrected chi connectivity index (χ0v) is 18.2. The van der Waals surface area contributed by atoms with E-state index >= 15 is 0 Å². The van der Waals surface area contributed by atoms with Gasteiger partial charge in [0.05, 0.1) is 5.69 Å². The van der Waals surface area contributed by atoms with E-state index in [0.29, 0.717) is 6.04 Å². The van der Waals surface area contributed by atoms with Crippen LogP contribution in [0, 0.1) is 0 Å². The van der Waals surface area contributed by atoms with Crippen LogP contribution < -0.4 is 10.2 Å². The fourth-order valence-corrected chi connectivity index (χ4v) is 6.11. The van der Waals surface area contributed by atoms with Gasteiger partial charge < -0.3 is 10.2 Å². The number of anilines is 2. The minimum atomic E-state index is 0.502. The molecule has 5 nitrogen and oxygen atoms in total. The van der Waals surface area contributed by atoms with E-state index in [0.717, 1.165) is 18.4 Å². The molecule has 0 unspecified atom stereocenters. The van der Waals surface area contributed by atoms with Gasteiger partial charge in [0.15, 0.2) is 0 Å². The average Bonchev–Trinajstić information content (AvgIpc) is 3.07. The molecular formula is C24H39N5. The summed E-state index contributed by atoms with van der Waals surface area (Å²) in [7, 11) is 0. The number of aromatic nitrogens is 2. The highest BCUT2D eigenvalue weighted by atomic mass is 15.3. The van der Waals surface area contributed by atoms with E-state index in [1.807, 2.05) is 0 Å². The summed E-state index contributed by atoms with van der Waals surface area (Å²) in [6.45, 7) is 4.79. The van der Waals surface area contributed by atoms with Gasteiger partial charge in [-0.25, -0.2) is 4.98 Å². The van der Waals surface area contributed by atoms with Gasteiger partial charge >= 0.3 is 0 Å². The van der Waals surface area contributed by atoms with Crippen LogP contribution in [0.1, 0.15) is 88.3 Å². The maximum absolute atomic E-state index is 5.13. The van der Waals surface area contributed by atoms with Crippen molar-refractivity contribution in [2.24, 2.45) is 0 Å². The van der Waals surface area contributed by atoms with Crippen LogP contribution in [0.4, 0.5) is 11.8 Å².